The molecular weight excluding hydrogens is 218 g/mol. The third-order valence-corrected chi connectivity index (χ3v) is 2.85. The van der Waals surface area contributed by atoms with Crippen LogP contribution >= 0.6 is 0 Å². The summed E-state index contributed by atoms with van der Waals surface area (Å²) in [6.07, 6.45) is 3.62. The minimum absolute atomic E-state index is 0.0360. The standard InChI is InChI=1S/C13H17NO3/c15-11-4-1-3-10(9-11)14-13(16)7-6-12-5-2-8-17-12/h1,3-4,9,12,15H,2,5-8H2,(H,14,16). The zero-order valence-corrected chi connectivity index (χ0v) is 9.69. The van der Waals surface area contributed by atoms with Crippen molar-refractivity contribution in [2.45, 2.75) is 31.8 Å². The van der Waals surface area contributed by atoms with Crippen LogP contribution in [-0.4, -0.2) is 23.7 Å². The van der Waals surface area contributed by atoms with E-state index >= 15 is 0 Å². The van der Waals surface area contributed by atoms with Crippen molar-refractivity contribution in [1.29, 1.82) is 0 Å². The van der Waals surface area contributed by atoms with Gasteiger partial charge in [-0.2, -0.15) is 0 Å². The number of hydrogen-bond donors (Lipinski definition) is 2. The lowest BCUT2D eigenvalue weighted by molar-refractivity contribution is -0.116. The largest absolute Gasteiger partial charge is 0.508 e. The van der Waals surface area contributed by atoms with Crippen molar-refractivity contribution in [3.05, 3.63) is 24.3 Å². The Balaban J connectivity index is 1.76. The summed E-state index contributed by atoms with van der Waals surface area (Å²) in [5, 5.41) is 12.0. The van der Waals surface area contributed by atoms with E-state index in [4.69, 9.17) is 4.74 Å². The fraction of sp³-hybridized carbons (Fsp3) is 0.462. The SMILES string of the molecule is O=C(CCC1CCCO1)Nc1cccc(O)c1. The van der Waals surface area contributed by atoms with E-state index in [2.05, 4.69) is 5.32 Å². The minimum Gasteiger partial charge on any atom is -0.508 e. The molecule has 0 saturated carbocycles. The van der Waals surface area contributed by atoms with Crippen LogP contribution < -0.4 is 5.32 Å². The van der Waals surface area contributed by atoms with Crippen molar-refractivity contribution < 1.29 is 14.6 Å². The van der Waals surface area contributed by atoms with Crippen LogP contribution in [0.3, 0.4) is 0 Å². The zero-order valence-electron chi connectivity index (χ0n) is 9.69. The number of carbonyl (C=O) groups is 1. The van der Waals surface area contributed by atoms with Crippen molar-refractivity contribution in [2.75, 3.05) is 11.9 Å². The number of anilines is 1. The highest BCUT2D eigenvalue weighted by molar-refractivity contribution is 5.90. The van der Waals surface area contributed by atoms with Crippen molar-refractivity contribution in [3.63, 3.8) is 0 Å². The first-order chi connectivity index (χ1) is 8.24. The van der Waals surface area contributed by atoms with Gasteiger partial charge in [0.1, 0.15) is 5.75 Å². The summed E-state index contributed by atoms with van der Waals surface area (Å²) in [4.78, 5) is 11.6. The van der Waals surface area contributed by atoms with Gasteiger partial charge in [-0.05, 0) is 31.4 Å². The van der Waals surface area contributed by atoms with Gasteiger partial charge in [-0.15, -0.1) is 0 Å². The first-order valence-electron chi connectivity index (χ1n) is 5.94. The second-order valence-electron chi connectivity index (χ2n) is 4.27. The van der Waals surface area contributed by atoms with Crippen molar-refractivity contribution >= 4 is 11.6 Å². The molecule has 0 aromatic heterocycles. The molecular formula is C13H17NO3. The number of phenols is 1. The summed E-state index contributed by atoms with van der Waals surface area (Å²) in [6.45, 7) is 0.818. The Bertz CT molecular complexity index is 386. The Labute approximate surface area is 101 Å². The van der Waals surface area contributed by atoms with Gasteiger partial charge in [-0.3, -0.25) is 4.79 Å². The maximum Gasteiger partial charge on any atom is 0.224 e. The van der Waals surface area contributed by atoms with E-state index in [1.165, 1.54) is 6.07 Å². The molecule has 2 rings (SSSR count). The number of rotatable bonds is 4. The van der Waals surface area contributed by atoms with E-state index in [0.717, 1.165) is 25.9 Å². The van der Waals surface area contributed by atoms with E-state index in [0.29, 0.717) is 12.1 Å². The molecule has 1 fully saturated rings. The smallest absolute Gasteiger partial charge is 0.224 e. The molecule has 17 heavy (non-hydrogen) atoms. The molecule has 4 nitrogen and oxygen atoms in total. The highest BCUT2D eigenvalue weighted by Crippen LogP contribution is 2.18. The maximum atomic E-state index is 11.6. The van der Waals surface area contributed by atoms with Crippen molar-refractivity contribution in [3.8, 4) is 5.75 Å². The quantitative estimate of drug-likeness (QED) is 0.841. The lowest BCUT2D eigenvalue weighted by atomic mass is 10.1. The number of ether oxygens (including phenoxy) is 1. The summed E-state index contributed by atoms with van der Waals surface area (Å²) in [7, 11) is 0. The Morgan fingerprint density at radius 2 is 2.41 bits per heavy atom. The molecule has 1 aliphatic rings. The molecule has 1 unspecified atom stereocenters. The Hall–Kier alpha value is -1.55. The monoisotopic (exact) mass is 235 g/mol. The highest BCUT2D eigenvalue weighted by atomic mass is 16.5. The first-order valence-corrected chi connectivity index (χ1v) is 5.94. The van der Waals surface area contributed by atoms with Crippen LogP contribution in [0.4, 0.5) is 5.69 Å². The van der Waals surface area contributed by atoms with Crippen LogP contribution in [0.25, 0.3) is 0 Å². The minimum atomic E-state index is -0.0360. The van der Waals surface area contributed by atoms with Gasteiger partial charge in [0.05, 0.1) is 6.10 Å². The number of phenolic OH excluding ortho intramolecular Hbond substituents is 1. The lowest BCUT2D eigenvalue weighted by Crippen LogP contribution is -2.15. The summed E-state index contributed by atoms with van der Waals surface area (Å²) in [5.41, 5.74) is 0.627. The molecule has 1 amide bonds. The topological polar surface area (TPSA) is 58.6 Å². The fourth-order valence-electron chi connectivity index (χ4n) is 1.97. The van der Waals surface area contributed by atoms with Crippen LogP contribution in [0.5, 0.6) is 5.75 Å². The fourth-order valence-corrected chi connectivity index (χ4v) is 1.97. The van der Waals surface area contributed by atoms with E-state index in [-0.39, 0.29) is 17.8 Å². The third-order valence-electron chi connectivity index (χ3n) is 2.85. The van der Waals surface area contributed by atoms with E-state index in [9.17, 15) is 9.90 Å². The molecule has 1 aromatic carbocycles. The molecule has 4 heteroatoms. The Morgan fingerprint density at radius 1 is 1.53 bits per heavy atom. The average Bonchev–Trinajstić information content (AvgIpc) is 2.79. The molecule has 0 aliphatic carbocycles. The Morgan fingerprint density at radius 3 is 3.12 bits per heavy atom. The van der Waals surface area contributed by atoms with Gasteiger partial charge in [-0.25, -0.2) is 0 Å². The van der Waals surface area contributed by atoms with Crippen molar-refractivity contribution in [2.24, 2.45) is 0 Å². The Kier molecular flexibility index (Phi) is 3.98. The number of aromatic hydroxyl groups is 1. The summed E-state index contributed by atoms with van der Waals surface area (Å²) >= 11 is 0. The van der Waals surface area contributed by atoms with E-state index in [1.54, 1.807) is 18.2 Å². The van der Waals surface area contributed by atoms with Gasteiger partial charge in [-0.1, -0.05) is 6.07 Å². The lowest BCUT2D eigenvalue weighted by Gasteiger charge is -2.09. The number of hydrogen-bond acceptors (Lipinski definition) is 3. The maximum absolute atomic E-state index is 11.6. The number of amides is 1. The summed E-state index contributed by atoms with van der Waals surface area (Å²) in [5.74, 6) is 0.119. The highest BCUT2D eigenvalue weighted by Gasteiger charge is 2.16. The molecule has 1 aromatic rings. The predicted molar refractivity (Wildman–Crippen MR) is 64.9 cm³/mol. The van der Waals surface area contributed by atoms with Gasteiger partial charge < -0.3 is 15.2 Å². The molecule has 0 radical (unpaired) electrons. The number of nitrogens with one attached hydrogen (secondary N) is 1. The van der Waals surface area contributed by atoms with Gasteiger partial charge in [0.25, 0.3) is 0 Å². The van der Waals surface area contributed by atoms with E-state index in [1.807, 2.05) is 0 Å². The normalized spacial score (nSPS) is 19.2. The van der Waals surface area contributed by atoms with Crippen LogP contribution in [0.2, 0.25) is 0 Å². The van der Waals surface area contributed by atoms with Gasteiger partial charge in [0.2, 0.25) is 5.91 Å². The van der Waals surface area contributed by atoms with Crippen molar-refractivity contribution in [1.82, 2.24) is 0 Å². The molecule has 2 N–H and O–H groups in total. The van der Waals surface area contributed by atoms with Crippen LogP contribution in [0, 0.1) is 0 Å². The summed E-state index contributed by atoms with van der Waals surface area (Å²) < 4.78 is 5.45. The van der Waals surface area contributed by atoms with Crippen LogP contribution in [-0.2, 0) is 9.53 Å². The van der Waals surface area contributed by atoms with Gasteiger partial charge >= 0.3 is 0 Å². The van der Waals surface area contributed by atoms with Gasteiger partial charge in [0.15, 0.2) is 0 Å². The number of benzene rings is 1. The predicted octanol–water partition coefficient (Wildman–Crippen LogP) is 2.29. The van der Waals surface area contributed by atoms with E-state index < -0.39 is 0 Å². The second-order valence-corrected chi connectivity index (χ2v) is 4.27. The third kappa shape index (κ3) is 3.75. The molecule has 0 spiro atoms. The van der Waals surface area contributed by atoms with Crippen LogP contribution in [0.1, 0.15) is 25.7 Å². The number of carbonyl (C=O) groups excluding carboxylic acids is 1. The molecule has 1 heterocycles. The molecule has 1 aliphatic heterocycles. The molecule has 92 valence electrons. The summed E-state index contributed by atoms with van der Waals surface area (Å²) in [6, 6.07) is 6.56. The van der Waals surface area contributed by atoms with Gasteiger partial charge in [0, 0.05) is 24.8 Å². The molecule has 1 saturated heterocycles. The molecule has 1 atom stereocenters. The van der Waals surface area contributed by atoms with Crippen LogP contribution in [0.15, 0.2) is 24.3 Å². The molecule has 0 bridgehead atoms. The second kappa shape index (κ2) is 5.68. The average molecular weight is 235 g/mol. The first kappa shape index (κ1) is 11.9. The zero-order chi connectivity index (χ0) is 12.1.